The van der Waals surface area contributed by atoms with Crippen LogP contribution in [0.5, 0.6) is 11.5 Å². The number of hydrogen-bond acceptors (Lipinski definition) is 3. The topological polar surface area (TPSA) is 50.8 Å². The third-order valence-electron chi connectivity index (χ3n) is 3.98. The number of benzene rings is 2. The Labute approximate surface area is 149 Å². The maximum atomic E-state index is 12.4. The lowest BCUT2D eigenvalue weighted by Crippen LogP contribution is -2.40. The van der Waals surface area contributed by atoms with Gasteiger partial charge in [0.25, 0.3) is 0 Å². The molecule has 2 aromatic carbocycles. The standard InChI is InChI=1S/C20H26N2O3/c1-15-10-11-19(24-4)18(14-15)16(2)21-20(23)22(3)12-13-25-17-8-6-5-7-9-17/h5-11,14,16H,12-13H2,1-4H3,(H,21,23). The normalized spacial score (nSPS) is 11.5. The molecule has 5 heteroatoms. The Balaban J connectivity index is 1.87. The van der Waals surface area contributed by atoms with Gasteiger partial charge in [-0.2, -0.15) is 0 Å². The Bertz CT molecular complexity index is 689. The predicted octanol–water partition coefficient (Wildman–Crippen LogP) is 3.79. The molecule has 1 atom stereocenters. The van der Waals surface area contributed by atoms with Crippen molar-refractivity contribution >= 4 is 6.03 Å². The summed E-state index contributed by atoms with van der Waals surface area (Å²) in [4.78, 5) is 14.0. The fraction of sp³-hybridized carbons (Fsp3) is 0.350. The van der Waals surface area contributed by atoms with E-state index >= 15 is 0 Å². The first kappa shape index (κ1) is 18.6. The number of urea groups is 1. The molecule has 0 aliphatic carbocycles. The van der Waals surface area contributed by atoms with Gasteiger partial charge in [0.05, 0.1) is 19.7 Å². The van der Waals surface area contributed by atoms with Gasteiger partial charge in [-0.15, -0.1) is 0 Å². The van der Waals surface area contributed by atoms with Crippen molar-refractivity contribution in [1.82, 2.24) is 10.2 Å². The van der Waals surface area contributed by atoms with Crippen LogP contribution in [0, 0.1) is 6.92 Å². The van der Waals surface area contributed by atoms with Crippen LogP contribution in [-0.4, -0.2) is 38.2 Å². The summed E-state index contributed by atoms with van der Waals surface area (Å²) in [5.41, 5.74) is 2.09. The summed E-state index contributed by atoms with van der Waals surface area (Å²) < 4.78 is 11.0. The number of likely N-dealkylation sites (N-methyl/N-ethyl adjacent to an activating group) is 1. The van der Waals surface area contributed by atoms with E-state index in [2.05, 4.69) is 5.32 Å². The fourth-order valence-electron chi connectivity index (χ4n) is 2.48. The van der Waals surface area contributed by atoms with E-state index in [1.807, 2.05) is 62.4 Å². The molecule has 0 fully saturated rings. The summed E-state index contributed by atoms with van der Waals surface area (Å²) in [5.74, 6) is 1.57. The van der Waals surface area contributed by atoms with E-state index in [1.165, 1.54) is 0 Å². The molecule has 0 saturated carbocycles. The maximum Gasteiger partial charge on any atom is 0.317 e. The zero-order valence-electron chi connectivity index (χ0n) is 15.3. The lowest BCUT2D eigenvalue weighted by atomic mass is 10.0. The lowest BCUT2D eigenvalue weighted by molar-refractivity contribution is 0.192. The summed E-state index contributed by atoms with van der Waals surface area (Å²) in [7, 11) is 3.39. The molecule has 2 amide bonds. The second-order valence-electron chi connectivity index (χ2n) is 6.00. The third kappa shape index (κ3) is 5.41. The van der Waals surface area contributed by atoms with Gasteiger partial charge in [0.15, 0.2) is 0 Å². The first-order chi connectivity index (χ1) is 12.0. The van der Waals surface area contributed by atoms with Crippen LogP contribution in [-0.2, 0) is 0 Å². The minimum absolute atomic E-state index is 0.146. The highest BCUT2D eigenvalue weighted by atomic mass is 16.5. The summed E-state index contributed by atoms with van der Waals surface area (Å²) in [6.45, 7) is 4.91. The van der Waals surface area contributed by atoms with Crippen molar-refractivity contribution in [3.63, 3.8) is 0 Å². The van der Waals surface area contributed by atoms with Crippen LogP contribution in [0.25, 0.3) is 0 Å². The number of methoxy groups -OCH3 is 1. The highest BCUT2D eigenvalue weighted by molar-refractivity contribution is 5.74. The van der Waals surface area contributed by atoms with Crippen molar-refractivity contribution in [3.8, 4) is 11.5 Å². The third-order valence-corrected chi connectivity index (χ3v) is 3.98. The molecule has 0 saturated heterocycles. The molecule has 5 nitrogen and oxygen atoms in total. The Morgan fingerprint density at radius 3 is 2.60 bits per heavy atom. The minimum Gasteiger partial charge on any atom is -0.496 e. The summed E-state index contributed by atoms with van der Waals surface area (Å²) in [6.07, 6.45) is 0. The summed E-state index contributed by atoms with van der Waals surface area (Å²) >= 11 is 0. The number of hydrogen-bond donors (Lipinski definition) is 1. The van der Waals surface area contributed by atoms with Crippen LogP contribution in [0.15, 0.2) is 48.5 Å². The number of nitrogens with zero attached hydrogens (tertiary/aromatic N) is 1. The zero-order chi connectivity index (χ0) is 18.2. The molecule has 0 spiro atoms. The average molecular weight is 342 g/mol. The van der Waals surface area contributed by atoms with E-state index in [0.29, 0.717) is 13.2 Å². The number of carbonyl (C=O) groups excluding carboxylic acids is 1. The molecule has 2 rings (SSSR count). The van der Waals surface area contributed by atoms with E-state index in [0.717, 1.165) is 22.6 Å². The molecule has 1 N–H and O–H groups in total. The Hall–Kier alpha value is -2.69. The molecule has 1 unspecified atom stereocenters. The molecule has 0 aromatic heterocycles. The highest BCUT2D eigenvalue weighted by Crippen LogP contribution is 2.26. The summed E-state index contributed by atoms with van der Waals surface area (Å²) in [5, 5.41) is 3.00. The molecular weight excluding hydrogens is 316 g/mol. The molecule has 25 heavy (non-hydrogen) atoms. The molecule has 2 aromatic rings. The number of aryl methyl sites for hydroxylation is 1. The molecule has 0 heterocycles. The number of nitrogens with one attached hydrogen (secondary N) is 1. The van der Waals surface area contributed by atoms with Gasteiger partial charge in [-0.3, -0.25) is 0 Å². The number of amides is 2. The van der Waals surface area contributed by atoms with Crippen LogP contribution >= 0.6 is 0 Å². The van der Waals surface area contributed by atoms with E-state index in [4.69, 9.17) is 9.47 Å². The van der Waals surface area contributed by atoms with Crippen LogP contribution in [0.4, 0.5) is 4.79 Å². The van der Waals surface area contributed by atoms with E-state index in [9.17, 15) is 4.79 Å². The molecule has 134 valence electrons. The van der Waals surface area contributed by atoms with Gasteiger partial charge in [0.2, 0.25) is 0 Å². The smallest absolute Gasteiger partial charge is 0.317 e. The van der Waals surface area contributed by atoms with Crippen molar-refractivity contribution < 1.29 is 14.3 Å². The van der Waals surface area contributed by atoms with Gasteiger partial charge < -0.3 is 19.7 Å². The Morgan fingerprint density at radius 1 is 1.20 bits per heavy atom. The molecule has 0 aliphatic rings. The van der Waals surface area contributed by atoms with Crippen molar-refractivity contribution in [2.24, 2.45) is 0 Å². The maximum absolute atomic E-state index is 12.4. The van der Waals surface area contributed by atoms with E-state index in [1.54, 1.807) is 19.1 Å². The molecule has 0 aliphatic heterocycles. The van der Waals surface area contributed by atoms with Gasteiger partial charge in [0, 0.05) is 12.6 Å². The van der Waals surface area contributed by atoms with Crippen LogP contribution in [0.2, 0.25) is 0 Å². The molecular formula is C20H26N2O3. The van der Waals surface area contributed by atoms with E-state index in [-0.39, 0.29) is 12.1 Å². The van der Waals surface area contributed by atoms with Gasteiger partial charge in [-0.05, 0) is 32.0 Å². The minimum atomic E-state index is -0.153. The van der Waals surface area contributed by atoms with Gasteiger partial charge in [-0.25, -0.2) is 4.79 Å². The SMILES string of the molecule is COc1ccc(C)cc1C(C)NC(=O)N(C)CCOc1ccccc1. The monoisotopic (exact) mass is 342 g/mol. The average Bonchev–Trinajstić information content (AvgIpc) is 2.62. The second-order valence-corrected chi connectivity index (χ2v) is 6.00. The van der Waals surface area contributed by atoms with Gasteiger partial charge in [0.1, 0.15) is 18.1 Å². The number of rotatable bonds is 7. The van der Waals surface area contributed by atoms with Crippen molar-refractivity contribution in [2.75, 3.05) is 27.3 Å². The fourth-order valence-corrected chi connectivity index (χ4v) is 2.48. The predicted molar refractivity (Wildman–Crippen MR) is 99.2 cm³/mol. The van der Waals surface area contributed by atoms with Gasteiger partial charge in [-0.1, -0.05) is 35.9 Å². The first-order valence-electron chi connectivity index (χ1n) is 8.35. The molecule has 0 radical (unpaired) electrons. The van der Waals surface area contributed by atoms with Crippen LogP contribution in [0.1, 0.15) is 24.1 Å². The number of ether oxygens (including phenoxy) is 2. The van der Waals surface area contributed by atoms with Gasteiger partial charge >= 0.3 is 6.03 Å². The quantitative estimate of drug-likeness (QED) is 0.833. The Morgan fingerprint density at radius 2 is 1.92 bits per heavy atom. The first-order valence-corrected chi connectivity index (χ1v) is 8.35. The Kier molecular flexibility index (Phi) is 6.69. The highest BCUT2D eigenvalue weighted by Gasteiger charge is 2.16. The van der Waals surface area contributed by atoms with Crippen LogP contribution < -0.4 is 14.8 Å². The summed E-state index contributed by atoms with van der Waals surface area (Å²) in [6, 6.07) is 15.2. The van der Waals surface area contributed by atoms with E-state index < -0.39 is 0 Å². The molecule has 0 bridgehead atoms. The second kappa shape index (κ2) is 8.97. The zero-order valence-corrected chi connectivity index (χ0v) is 15.3. The largest absolute Gasteiger partial charge is 0.496 e. The van der Waals surface area contributed by atoms with Crippen molar-refractivity contribution in [2.45, 2.75) is 19.9 Å². The van der Waals surface area contributed by atoms with Crippen molar-refractivity contribution in [1.29, 1.82) is 0 Å². The lowest BCUT2D eigenvalue weighted by Gasteiger charge is -2.23. The number of carbonyl (C=O) groups is 1. The number of para-hydroxylation sites is 1. The van der Waals surface area contributed by atoms with Crippen LogP contribution in [0.3, 0.4) is 0 Å². The van der Waals surface area contributed by atoms with Crippen molar-refractivity contribution in [3.05, 3.63) is 59.7 Å².